The van der Waals surface area contributed by atoms with E-state index in [9.17, 15) is 4.79 Å². The van der Waals surface area contributed by atoms with Gasteiger partial charge in [-0.15, -0.1) is 0 Å². The van der Waals surface area contributed by atoms with Crippen LogP contribution in [0.25, 0.3) is 0 Å². The van der Waals surface area contributed by atoms with Gasteiger partial charge < -0.3 is 26.0 Å². The first-order valence-electron chi connectivity index (χ1n) is 6.57. The number of carbonyl (C=O) groups is 1. The summed E-state index contributed by atoms with van der Waals surface area (Å²) in [6.45, 7) is 5.05. The van der Waals surface area contributed by atoms with Crippen LogP contribution in [-0.2, 0) is 4.79 Å². The number of benzene rings is 1. The van der Waals surface area contributed by atoms with Crippen molar-refractivity contribution in [3.05, 3.63) is 12.1 Å². The van der Waals surface area contributed by atoms with Crippen LogP contribution in [0.2, 0.25) is 0 Å². The second-order valence-corrected chi connectivity index (χ2v) is 5.83. The molecule has 0 unspecified atom stereocenters. The van der Waals surface area contributed by atoms with Crippen molar-refractivity contribution in [3.63, 3.8) is 0 Å². The Morgan fingerprint density at radius 2 is 2.15 bits per heavy atom. The fourth-order valence-electron chi connectivity index (χ4n) is 1.76. The lowest BCUT2D eigenvalue weighted by Crippen LogP contribution is -2.44. The minimum Gasteiger partial charge on any atom is -0.482 e. The lowest BCUT2D eigenvalue weighted by Gasteiger charge is -2.33. The molecule has 0 fully saturated rings. The molecule has 2 rings (SSSR count). The second kappa shape index (κ2) is 5.20. The number of hydrogen-bond acceptors (Lipinski definition) is 5. The summed E-state index contributed by atoms with van der Waals surface area (Å²) in [6.07, 6.45) is 0. The van der Waals surface area contributed by atoms with Gasteiger partial charge in [0.2, 0.25) is 0 Å². The van der Waals surface area contributed by atoms with E-state index in [0.29, 0.717) is 17.1 Å². The molecule has 1 aromatic carbocycles. The Hall–Kier alpha value is -1.95. The lowest BCUT2D eigenvalue weighted by atomic mass is 10.0. The standard InChI is InChI=1S/C14H22N4O2/c1-14(2,18(3)4)8-16-10-6-11-12(5-9(10)15)20-7-13(19)17-11/h5-6,16H,7-8,15H2,1-4H3,(H,17,19). The first-order valence-corrected chi connectivity index (χ1v) is 6.57. The molecule has 4 N–H and O–H groups in total. The molecule has 0 saturated carbocycles. The highest BCUT2D eigenvalue weighted by molar-refractivity contribution is 5.97. The van der Waals surface area contributed by atoms with Crippen molar-refractivity contribution in [2.75, 3.05) is 43.6 Å². The third kappa shape index (κ3) is 2.96. The Morgan fingerprint density at radius 3 is 2.80 bits per heavy atom. The highest BCUT2D eigenvalue weighted by Gasteiger charge is 2.22. The number of ether oxygens (including phenoxy) is 1. The molecule has 110 valence electrons. The summed E-state index contributed by atoms with van der Waals surface area (Å²) < 4.78 is 5.33. The number of nitrogens with zero attached hydrogens (tertiary/aromatic N) is 1. The second-order valence-electron chi connectivity index (χ2n) is 5.83. The summed E-state index contributed by atoms with van der Waals surface area (Å²) in [5.74, 6) is 0.460. The van der Waals surface area contributed by atoms with Crippen molar-refractivity contribution >= 4 is 23.0 Å². The van der Waals surface area contributed by atoms with Crippen LogP contribution in [0.5, 0.6) is 5.75 Å². The molecule has 0 aliphatic carbocycles. The van der Waals surface area contributed by atoms with E-state index < -0.39 is 0 Å². The molecular formula is C14H22N4O2. The molecule has 0 spiro atoms. The van der Waals surface area contributed by atoms with Gasteiger partial charge in [-0.1, -0.05) is 0 Å². The molecule has 1 amide bonds. The largest absolute Gasteiger partial charge is 0.482 e. The molecule has 6 nitrogen and oxygen atoms in total. The number of amides is 1. The van der Waals surface area contributed by atoms with Gasteiger partial charge in [-0.05, 0) is 34.0 Å². The minimum atomic E-state index is -0.151. The van der Waals surface area contributed by atoms with Crippen LogP contribution in [0.15, 0.2) is 12.1 Å². The Bertz CT molecular complexity index is 526. The molecule has 0 radical (unpaired) electrons. The van der Waals surface area contributed by atoms with Gasteiger partial charge >= 0.3 is 0 Å². The Balaban J connectivity index is 2.17. The van der Waals surface area contributed by atoms with Gasteiger partial charge in [-0.3, -0.25) is 4.79 Å². The van der Waals surface area contributed by atoms with E-state index in [1.54, 1.807) is 6.07 Å². The predicted molar refractivity (Wildman–Crippen MR) is 81.2 cm³/mol. The maximum atomic E-state index is 11.3. The maximum absolute atomic E-state index is 11.3. The summed E-state index contributed by atoms with van der Waals surface area (Å²) in [6, 6.07) is 3.55. The third-order valence-corrected chi connectivity index (χ3v) is 3.71. The fraction of sp³-hybridized carbons (Fsp3) is 0.500. The van der Waals surface area contributed by atoms with Crippen LogP contribution in [0, 0.1) is 0 Å². The molecule has 0 bridgehead atoms. The average Bonchev–Trinajstić information content (AvgIpc) is 2.36. The molecule has 1 heterocycles. The number of fused-ring (bicyclic) bond motifs is 1. The number of likely N-dealkylation sites (N-methyl/N-ethyl adjacent to an activating group) is 1. The van der Waals surface area contributed by atoms with Crippen molar-refractivity contribution in [2.45, 2.75) is 19.4 Å². The van der Waals surface area contributed by atoms with Gasteiger partial charge in [0, 0.05) is 18.2 Å². The van der Waals surface area contributed by atoms with E-state index in [1.165, 1.54) is 0 Å². The summed E-state index contributed by atoms with van der Waals surface area (Å²) in [7, 11) is 4.07. The molecule has 1 aliphatic rings. The first kappa shape index (κ1) is 14.5. The van der Waals surface area contributed by atoms with Gasteiger partial charge in [0.25, 0.3) is 5.91 Å². The van der Waals surface area contributed by atoms with E-state index in [4.69, 9.17) is 10.5 Å². The summed E-state index contributed by atoms with van der Waals surface area (Å²) >= 11 is 0. The molecular weight excluding hydrogens is 256 g/mol. The molecule has 20 heavy (non-hydrogen) atoms. The van der Waals surface area contributed by atoms with Crippen LogP contribution in [0.1, 0.15) is 13.8 Å². The zero-order valence-corrected chi connectivity index (χ0v) is 12.4. The highest BCUT2D eigenvalue weighted by Crippen LogP contribution is 2.35. The number of rotatable bonds is 4. The third-order valence-electron chi connectivity index (χ3n) is 3.71. The predicted octanol–water partition coefficient (Wildman–Crippen LogP) is 1.35. The van der Waals surface area contributed by atoms with Crippen LogP contribution in [0.3, 0.4) is 0 Å². The molecule has 0 aromatic heterocycles. The summed E-state index contributed by atoms with van der Waals surface area (Å²) in [5.41, 5.74) is 8.06. The molecule has 0 saturated heterocycles. The quantitative estimate of drug-likeness (QED) is 0.725. The van der Waals surface area contributed by atoms with Crippen molar-refractivity contribution < 1.29 is 9.53 Å². The van der Waals surface area contributed by atoms with Gasteiger partial charge in [-0.2, -0.15) is 0 Å². The Kier molecular flexibility index (Phi) is 3.76. The van der Waals surface area contributed by atoms with Crippen molar-refractivity contribution in [1.29, 1.82) is 0 Å². The zero-order valence-electron chi connectivity index (χ0n) is 12.4. The van der Waals surface area contributed by atoms with Crippen LogP contribution < -0.4 is 21.1 Å². The smallest absolute Gasteiger partial charge is 0.262 e. The van der Waals surface area contributed by atoms with Gasteiger partial charge in [-0.25, -0.2) is 0 Å². The molecule has 1 aliphatic heterocycles. The van der Waals surface area contributed by atoms with Crippen molar-refractivity contribution in [3.8, 4) is 5.75 Å². The Labute approximate surface area is 119 Å². The molecule has 6 heteroatoms. The fourth-order valence-corrected chi connectivity index (χ4v) is 1.76. The monoisotopic (exact) mass is 278 g/mol. The highest BCUT2D eigenvalue weighted by atomic mass is 16.5. The number of nitrogen functional groups attached to an aromatic ring is 1. The number of nitrogens with two attached hydrogens (primary N) is 1. The van der Waals surface area contributed by atoms with Crippen LogP contribution in [0.4, 0.5) is 17.1 Å². The number of hydrogen-bond donors (Lipinski definition) is 3. The van der Waals surface area contributed by atoms with E-state index in [2.05, 4.69) is 29.4 Å². The first-order chi connectivity index (χ1) is 9.29. The SMILES string of the molecule is CN(C)C(C)(C)CNc1cc2c(cc1N)OCC(=O)N2. The van der Waals surface area contributed by atoms with Crippen LogP contribution in [-0.4, -0.2) is 43.6 Å². The van der Waals surface area contributed by atoms with Crippen molar-refractivity contribution in [2.24, 2.45) is 0 Å². The maximum Gasteiger partial charge on any atom is 0.262 e. The van der Waals surface area contributed by atoms with E-state index in [0.717, 1.165) is 12.2 Å². The number of nitrogens with one attached hydrogen (secondary N) is 2. The van der Waals surface area contributed by atoms with Crippen molar-refractivity contribution in [1.82, 2.24) is 4.90 Å². The van der Waals surface area contributed by atoms with E-state index in [-0.39, 0.29) is 18.1 Å². The molecule has 1 aromatic rings. The van der Waals surface area contributed by atoms with E-state index >= 15 is 0 Å². The topological polar surface area (TPSA) is 79.6 Å². The lowest BCUT2D eigenvalue weighted by molar-refractivity contribution is -0.118. The van der Waals surface area contributed by atoms with Gasteiger partial charge in [0.05, 0.1) is 17.1 Å². The average molecular weight is 278 g/mol. The summed E-state index contributed by atoms with van der Waals surface area (Å²) in [4.78, 5) is 13.5. The van der Waals surface area contributed by atoms with Gasteiger partial charge in [0.1, 0.15) is 5.75 Å². The van der Waals surface area contributed by atoms with E-state index in [1.807, 2.05) is 20.2 Å². The van der Waals surface area contributed by atoms with Crippen LogP contribution >= 0.6 is 0 Å². The minimum absolute atomic E-state index is 0.0118. The zero-order chi connectivity index (χ0) is 14.9. The number of carbonyl (C=O) groups excluding carboxylic acids is 1. The van der Waals surface area contributed by atoms with Gasteiger partial charge in [0.15, 0.2) is 6.61 Å². The normalized spacial score (nSPS) is 14.6. The summed E-state index contributed by atoms with van der Waals surface area (Å²) in [5, 5.41) is 6.10. The number of anilines is 3. The molecule has 0 atom stereocenters. The Morgan fingerprint density at radius 1 is 1.45 bits per heavy atom.